The maximum absolute atomic E-state index is 13.2. The monoisotopic (exact) mass is 357 g/mol. The normalized spacial score (nSPS) is 10.7. The lowest BCUT2D eigenvalue weighted by molar-refractivity contribution is 0.102. The summed E-state index contributed by atoms with van der Waals surface area (Å²) in [6.07, 6.45) is 3.39. The molecule has 5 nitrogen and oxygen atoms in total. The lowest BCUT2D eigenvalue weighted by atomic mass is 10.1. The highest BCUT2D eigenvalue weighted by Gasteiger charge is 2.20. The average Bonchev–Trinajstić information content (AvgIpc) is 3.11. The molecule has 128 valence electrons. The van der Waals surface area contributed by atoms with Gasteiger partial charge in [-0.2, -0.15) is 0 Å². The molecule has 0 aliphatic heterocycles. The van der Waals surface area contributed by atoms with Crippen molar-refractivity contribution in [1.29, 1.82) is 0 Å². The number of anilines is 1. The van der Waals surface area contributed by atoms with E-state index in [2.05, 4.69) is 15.3 Å². The van der Waals surface area contributed by atoms with Crippen molar-refractivity contribution in [3.8, 4) is 11.6 Å². The van der Waals surface area contributed by atoms with E-state index in [-0.39, 0.29) is 11.7 Å². The van der Waals surface area contributed by atoms with E-state index in [4.69, 9.17) is 4.42 Å². The van der Waals surface area contributed by atoms with Crippen molar-refractivity contribution in [2.45, 2.75) is 18.9 Å². The Balaban J connectivity index is 1.97. The van der Waals surface area contributed by atoms with Crippen molar-refractivity contribution in [2.75, 3.05) is 11.6 Å². The highest BCUT2D eigenvalue weighted by Crippen LogP contribution is 2.26. The predicted molar refractivity (Wildman–Crippen MR) is 95.3 cm³/mol. The van der Waals surface area contributed by atoms with Gasteiger partial charge in [0.2, 0.25) is 0 Å². The van der Waals surface area contributed by atoms with Crippen LogP contribution in [0.2, 0.25) is 0 Å². The number of carbonyl (C=O) groups is 1. The zero-order valence-electron chi connectivity index (χ0n) is 14.0. The number of benzene rings is 1. The molecule has 0 fully saturated rings. The number of thioether (sulfide) groups is 1. The summed E-state index contributed by atoms with van der Waals surface area (Å²) >= 11 is 1.35. The van der Waals surface area contributed by atoms with Gasteiger partial charge in [0.25, 0.3) is 5.91 Å². The minimum atomic E-state index is -0.345. The molecule has 0 saturated heterocycles. The number of hydrogen-bond acceptors (Lipinski definition) is 5. The van der Waals surface area contributed by atoms with E-state index in [1.807, 2.05) is 6.26 Å². The SMILES string of the molecule is CSc1nc(-c2ccco2)nc(C)c1C(=O)Nc1ccc(F)cc1C. The third-order valence-corrected chi connectivity index (χ3v) is 4.34. The van der Waals surface area contributed by atoms with Crippen LogP contribution in [0.15, 0.2) is 46.0 Å². The number of nitrogens with one attached hydrogen (secondary N) is 1. The Bertz CT molecular complexity index is 926. The highest BCUT2D eigenvalue weighted by molar-refractivity contribution is 7.98. The molecule has 0 radical (unpaired) electrons. The fraction of sp³-hybridized carbons (Fsp3) is 0.167. The van der Waals surface area contributed by atoms with Crippen molar-refractivity contribution in [1.82, 2.24) is 9.97 Å². The lowest BCUT2D eigenvalue weighted by Crippen LogP contribution is -2.17. The minimum absolute atomic E-state index is 0.331. The smallest absolute Gasteiger partial charge is 0.260 e. The Hall–Kier alpha value is -2.67. The molecule has 0 atom stereocenters. The molecule has 0 spiro atoms. The Morgan fingerprint density at radius 3 is 2.68 bits per heavy atom. The van der Waals surface area contributed by atoms with Gasteiger partial charge in [0, 0.05) is 5.69 Å². The number of furan rings is 1. The molecule has 7 heteroatoms. The van der Waals surface area contributed by atoms with Gasteiger partial charge in [0.1, 0.15) is 10.8 Å². The maximum atomic E-state index is 13.2. The molecule has 2 heterocycles. The lowest BCUT2D eigenvalue weighted by Gasteiger charge is -2.13. The van der Waals surface area contributed by atoms with Crippen LogP contribution in [0.25, 0.3) is 11.6 Å². The number of carbonyl (C=O) groups excluding carboxylic acids is 1. The second-order valence-electron chi connectivity index (χ2n) is 5.41. The van der Waals surface area contributed by atoms with Crippen LogP contribution >= 0.6 is 11.8 Å². The highest BCUT2D eigenvalue weighted by atomic mass is 32.2. The van der Waals surface area contributed by atoms with Gasteiger partial charge in [-0.15, -0.1) is 11.8 Å². The number of nitrogens with zero attached hydrogens (tertiary/aromatic N) is 2. The van der Waals surface area contributed by atoms with E-state index in [1.54, 1.807) is 32.2 Å². The number of hydrogen-bond donors (Lipinski definition) is 1. The fourth-order valence-electron chi connectivity index (χ4n) is 2.42. The third kappa shape index (κ3) is 3.56. The molecule has 0 unspecified atom stereocenters. The molecule has 3 aromatic rings. The van der Waals surface area contributed by atoms with Crippen LogP contribution in [-0.4, -0.2) is 22.1 Å². The molecular weight excluding hydrogens is 341 g/mol. The molecule has 0 aliphatic carbocycles. The summed E-state index contributed by atoms with van der Waals surface area (Å²) in [5.74, 6) is 0.297. The van der Waals surface area contributed by atoms with Gasteiger partial charge in [-0.25, -0.2) is 14.4 Å². The standard InChI is InChI=1S/C18H16FN3O2S/c1-10-9-12(19)6-7-13(10)21-17(23)15-11(2)20-16(22-18(15)25-3)14-5-4-8-24-14/h4-9H,1-3H3,(H,21,23). The minimum Gasteiger partial charge on any atom is -0.461 e. The van der Waals surface area contributed by atoms with Gasteiger partial charge in [-0.3, -0.25) is 4.79 Å². The first kappa shape index (κ1) is 17.2. The summed E-state index contributed by atoms with van der Waals surface area (Å²) in [5, 5.41) is 3.35. The van der Waals surface area contributed by atoms with E-state index in [1.165, 1.54) is 30.0 Å². The van der Waals surface area contributed by atoms with Crippen molar-refractivity contribution in [3.05, 3.63) is 59.2 Å². The molecule has 1 aromatic carbocycles. The molecule has 1 amide bonds. The summed E-state index contributed by atoms with van der Waals surface area (Å²) in [4.78, 5) is 21.5. The van der Waals surface area contributed by atoms with Gasteiger partial charge < -0.3 is 9.73 Å². The molecule has 0 bridgehead atoms. The second-order valence-corrected chi connectivity index (χ2v) is 6.20. The third-order valence-electron chi connectivity index (χ3n) is 3.66. The largest absolute Gasteiger partial charge is 0.461 e. The van der Waals surface area contributed by atoms with E-state index >= 15 is 0 Å². The van der Waals surface area contributed by atoms with Gasteiger partial charge in [-0.05, 0) is 56.0 Å². The Morgan fingerprint density at radius 2 is 2.04 bits per heavy atom. The Labute approximate surface area is 148 Å². The summed E-state index contributed by atoms with van der Waals surface area (Å²) in [6, 6.07) is 7.73. The van der Waals surface area contributed by atoms with Crippen LogP contribution in [-0.2, 0) is 0 Å². The Kier molecular flexibility index (Phi) is 4.85. The summed E-state index contributed by atoms with van der Waals surface area (Å²) in [6.45, 7) is 3.48. The molecule has 0 aliphatic rings. The van der Waals surface area contributed by atoms with Gasteiger partial charge in [0.05, 0.1) is 17.5 Å². The van der Waals surface area contributed by atoms with E-state index in [0.29, 0.717) is 39.1 Å². The molecule has 0 saturated carbocycles. The van der Waals surface area contributed by atoms with Crippen LogP contribution in [0.1, 0.15) is 21.6 Å². The van der Waals surface area contributed by atoms with E-state index < -0.39 is 0 Å². The molecule has 1 N–H and O–H groups in total. The Morgan fingerprint density at radius 1 is 1.24 bits per heavy atom. The molecule has 25 heavy (non-hydrogen) atoms. The quantitative estimate of drug-likeness (QED) is 0.551. The van der Waals surface area contributed by atoms with E-state index in [0.717, 1.165) is 0 Å². The molecule has 3 rings (SSSR count). The molecule has 2 aromatic heterocycles. The fourth-order valence-corrected chi connectivity index (χ4v) is 3.05. The zero-order chi connectivity index (χ0) is 18.0. The zero-order valence-corrected chi connectivity index (χ0v) is 14.8. The van der Waals surface area contributed by atoms with Crippen molar-refractivity contribution in [2.24, 2.45) is 0 Å². The van der Waals surface area contributed by atoms with Crippen LogP contribution in [0, 0.1) is 19.7 Å². The average molecular weight is 357 g/mol. The van der Waals surface area contributed by atoms with E-state index in [9.17, 15) is 9.18 Å². The first-order valence-corrected chi connectivity index (χ1v) is 8.76. The second kappa shape index (κ2) is 7.06. The van der Waals surface area contributed by atoms with Gasteiger partial charge in [0.15, 0.2) is 11.6 Å². The van der Waals surface area contributed by atoms with Crippen LogP contribution in [0.3, 0.4) is 0 Å². The number of rotatable bonds is 4. The van der Waals surface area contributed by atoms with Crippen LogP contribution in [0.5, 0.6) is 0 Å². The first-order valence-electron chi connectivity index (χ1n) is 7.53. The van der Waals surface area contributed by atoms with Crippen molar-refractivity contribution < 1.29 is 13.6 Å². The summed E-state index contributed by atoms with van der Waals surface area (Å²) < 4.78 is 18.6. The van der Waals surface area contributed by atoms with Crippen molar-refractivity contribution in [3.63, 3.8) is 0 Å². The maximum Gasteiger partial charge on any atom is 0.260 e. The molecular formula is C18H16FN3O2S. The number of aromatic nitrogens is 2. The summed E-state index contributed by atoms with van der Waals surface area (Å²) in [5.41, 5.74) is 2.13. The van der Waals surface area contributed by atoms with Crippen LogP contribution in [0.4, 0.5) is 10.1 Å². The number of amides is 1. The topological polar surface area (TPSA) is 68.0 Å². The number of aryl methyl sites for hydroxylation is 2. The number of halogens is 1. The predicted octanol–water partition coefficient (Wildman–Crippen LogP) is 4.47. The van der Waals surface area contributed by atoms with Gasteiger partial charge in [-0.1, -0.05) is 0 Å². The van der Waals surface area contributed by atoms with Crippen LogP contribution < -0.4 is 5.32 Å². The summed E-state index contributed by atoms with van der Waals surface area (Å²) in [7, 11) is 0. The van der Waals surface area contributed by atoms with Gasteiger partial charge >= 0.3 is 0 Å². The van der Waals surface area contributed by atoms with Crippen molar-refractivity contribution >= 4 is 23.4 Å². The first-order chi connectivity index (χ1) is 12.0.